The number of benzene rings is 2. The number of aromatic nitrogens is 2. The molecule has 0 spiro atoms. The highest BCUT2D eigenvalue weighted by molar-refractivity contribution is 5.62. The molecule has 1 heterocycles. The molecule has 3 rings (SSSR count). The highest BCUT2D eigenvalue weighted by atomic mass is 16.3. The lowest BCUT2D eigenvalue weighted by Gasteiger charge is -2.10. The van der Waals surface area contributed by atoms with Gasteiger partial charge in [-0.15, -0.1) is 0 Å². The van der Waals surface area contributed by atoms with Crippen molar-refractivity contribution < 1.29 is 5.11 Å². The van der Waals surface area contributed by atoms with Gasteiger partial charge in [0.1, 0.15) is 5.69 Å². The molecule has 0 fully saturated rings. The van der Waals surface area contributed by atoms with Gasteiger partial charge in [-0.05, 0) is 45.0 Å². The summed E-state index contributed by atoms with van der Waals surface area (Å²) >= 11 is 0. The lowest BCUT2D eigenvalue weighted by molar-refractivity contribution is 0.435. The first-order valence-electron chi connectivity index (χ1n) is 7.49. The summed E-state index contributed by atoms with van der Waals surface area (Å²) in [4.78, 5) is 0. The van der Waals surface area contributed by atoms with Crippen molar-refractivity contribution in [2.75, 3.05) is 10.9 Å². The van der Waals surface area contributed by atoms with E-state index in [4.69, 9.17) is 0 Å². The maximum Gasteiger partial charge on any atom is 0.240 e. The molecule has 118 valence electrons. The van der Waals surface area contributed by atoms with Crippen LogP contribution in [0.25, 0.3) is 5.69 Å². The molecule has 0 aliphatic heterocycles. The maximum absolute atomic E-state index is 10.5. The summed E-state index contributed by atoms with van der Waals surface area (Å²) in [7, 11) is 0. The summed E-state index contributed by atoms with van der Waals surface area (Å²) in [5.41, 5.74) is 11.5. The number of nitrogens with zero attached hydrogens (tertiary/aromatic N) is 2. The van der Waals surface area contributed by atoms with Crippen LogP contribution in [-0.2, 0) is 0 Å². The molecule has 0 unspecified atom stereocenters. The summed E-state index contributed by atoms with van der Waals surface area (Å²) in [5, 5.41) is 14.9. The molecule has 0 atom stereocenters. The van der Waals surface area contributed by atoms with Crippen molar-refractivity contribution in [3.05, 3.63) is 65.4 Å². The highest BCUT2D eigenvalue weighted by Crippen LogP contribution is 2.29. The van der Waals surface area contributed by atoms with Crippen molar-refractivity contribution in [2.24, 2.45) is 0 Å². The number of nitrogens with one attached hydrogen (secondary N) is 2. The fourth-order valence-corrected chi connectivity index (χ4v) is 2.30. The standard InChI is InChI=1S/C18H20N4O/c1-12-4-8-15(9-5-12)19-20-17-14(3)21-22(18(17)23)16-10-6-13(2)7-11-16/h4-11,19-20,23H,1-3H3. The molecule has 3 aromatic rings. The number of aromatic hydroxyl groups is 1. The zero-order chi connectivity index (χ0) is 16.4. The summed E-state index contributed by atoms with van der Waals surface area (Å²) in [6.45, 7) is 5.92. The van der Waals surface area contributed by atoms with E-state index in [2.05, 4.69) is 16.0 Å². The molecule has 3 N–H and O–H groups in total. The summed E-state index contributed by atoms with van der Waals surface area (Å²) in [6, 6.07) is 15.8. The van der Waals surface area contributed by atoms with Gasteiger partial charge in [-0.2, -0.15) is 9.78 Å². The Hall–Kier alpha value is -2.95. The zero-order valence-corrected chi connectivity index (χ0v) is 13.5. The third-order valence-corrected chi connectivity index (χ3v) is 3.70. The summed E-state index contributed by atoms with van der Waals surface area (Å²) in [5.74, 6) is 0.0750. The average molecular weight is 308 g/mol. The van der Waals surface area contributed by atoms with Gasteiger partial charge in [0.15, 0.2) is 0 Å². The average Bonchev–Trinajstić information content (AvgIpc) is 2.82. The molecular formula is C18H20N4O. The van der Waals surface area contributed by atoms with E-state index in [0.29, 0.717) is 11.4 Å². The first-order chi connectivity index (χ1) is 11.0. The van der Waals surface area contributed by atoms with Crippen molar-refractivity contribution in [3.63, 3.8) is 0 Å². The third kappa shape index (κ3) is 3.13. The van der Waals surface area contributed by atoms with Crippen molar-refractivity contribution in [3.8, 4) is 11.6 Å². The quantitative estimate of drug-likeness (QED) is 0.639. The van der Waals surface area contributed by atoms with Gasteiger partial charge < -0.3 is 10.5 Å². The first kappa shape index (κ1) is 15.0. The van der Waals surface area contributed by atoms with Crippen LogP contribution in [-0.4, -0.2) is 14.9 Å². The molecule has 0 aliphatic carbocycles. The van der Waals surface area contributed by atoms with Crippen LogP contribution >= 0.6 is 0 Å². The fraction of sp³-hybridized carbons (Fsp3) is 0.167. The van der Waals surface area contributed by atoms with E-state index < -0.39 is 0 Å². The van der Waals surface area contributed by atoms with E-state index in [1.807, 2.05) is 69.3 Å². The Kier molecular flexibility index (Phi) is 3.93. The third-order valence-electron chi connectivity index (χ3n) is 3.70. The van der Waals surface area contributed by atoms with Crippen molar-refractivity contribution in [1.82, 2.24) is 9.78 Å². The second kappa shape index (κ2) is 6.04. The van der Waals surface area contributed by atoms with Gasteiger partial charge in [0.2, 0.25) is 5.88 Å². The van der Waals surface area contributed by atoms with E-state index in [1.54, 1.807) is 0 Å². The van der Waals surface area contributed by atoms with E-state index in [1.165, 1.54) is 10.2 Å². The van der Waals surface area contributed by atoms with Crippen LogP contribution in [0.4, 0.5) is 11.4 Å². The minimum atomic E-state index is 0.0750. The van der Waals surface area contributed by atoms with Crippen LogP contribution in [0.1, 0.15) is 16.8 Å². The number of hydrogen-bond donors (Lipinski definition) is 3. The molecule has 0 bridgehead atoms. The van der Waals surface area contributed by atoms with Gasteiger partial charge >= 0.3 is 0 Å². The molecule has 0 saturated carbocycles. The van der Waals surface area contributed by atoms with Crippen molar-refractivity contribution >= 4 is 11.4 Å². The van der Waals surface area contributed by atoms with Gasteiger partial charge in [-0.25, -0.2) is 0 Å². The normalized spacial score (nSPS) is 10.6. The molecule has 23 heavy (non-hydrogen) atoms. The summed E-state index contributed by atoms with van der Waals surface area (Å²) < 4.78 is 1.52. The number of aryl methyl sites for hydroxylation is 3. The number of rotatable bonds is 4. The number of hydrogen-bond acceptors (Lipinski definition) is 4. The molecule has 2 aromatic carbocycles. The topological polar surface area (TPSA) is 62.1 Å². The lowest BCUT2D eigenvalue weighted by atomic mass is 10.2. The van der Waals surface area contributed by atoms with Crippen LogP contribution in [0.5, 0.6) is 5.88 Å². The van der Waals surface area contributed by atoms with Crippen LogP contribution < -0.4 is 10.9 Å². The van der Waals surface area contributed by atoms with Crippen LogP contribution in [0.3, 0.4) is 0 Å². The Morgan fingerprint density at radius 3 is 2.00 bits per heavy atom. The van der Waals surface area contributed by atoms with Crippen molar-refractivity contribution in [1.29, 1.82) is 0 Å². The molecule has 0 amide bonds. The van der Waals surface area contributed by atoms with Gasteiger partial charge in [-0.3, -0.25) is 5.43 Å². The van der Waals surface area contributed by atoms with E-state index in [9.17, 15) is 5.11 Å². The van der Waals surface area contributed by atoms with Crippen LogP contribution in [0, 0.1) is 20.8 Å². The van der Waals surface area contributed by atoms with Crippen molar-refractivity contribution in [2.45, 2.75) is 20.8 Å². The Morgan fingerprint density at radius 2 is 1.39 bits per heavy atom. The molecule has 5 heteroatoms. The highest BCUT2D eigenvalue weighted by Gasteiger charge is 2.15. The Bertz CT molecular complexity index is 804. The Balaban J connectivity index is 1.83. The monoisotopic (exact) mass is 308 g/mol. The maximum atomic E-state index is 10.5. The Morgan fingerprint density at radius 1 is 0.826 bits per heavy atom. The molecular weight excluding hydrogens is 288 g/mol. The minimum Gasteiger partial charge on any atom is -0.492 e. The number of anilines is 2. The molecule has 0 radical (unpaired) electrons. The second-order valence-corrected chi connectivity index (χ2v) is 5.65. The second-order valence-electron chi connectivity index (χ2n) is 5.65. The molecule has 1 aromatic heterocycles. The van der Waals surface area contributed by atoms with Gasteiger partial charge in [0.25, 0.3) is 0 Å². The summed E-state index contributed by atoms with van der Waals surface area (Å²) in [6.07, 6.45) is 0. The van der Waals surface area contributed by atoms with Gasteiger partial charge in [0, 0.05) is 0 Å². The minimum absolute atomic E-state index is 0.0750. The smallest absolute Gasteiger partial charge is 0.240 e. The Labute approximate surface area is 135 Å². The van der Waals surface area contributed by atoms with E-state index in [0.717, 1.165) is 16.9 Å². The van der Waals surface area contributed by atoms with Crippen LogP contribution in [0.2, 0.25) is 0 Å². The largest absolute Gasteiger partial charge is 0.492 e. The molecule has 0 saturated heterocycles. The first-order valence-corrected chi connectivity index (χ1v) is 7.49. The van der Waals surface area contributed by atoms with E-state index >= 15 is 0 Å². The fourth-order valence-electron chi connectivity index (χ4n) is 2.30. The van der Waals surface area contributed by atoms with Gasteiger partial charge in [-0.1, -0.05) is 35.4 Å². The predicted molar refractivity (Wildman–Crippen MR) is 93.1 cm³/mol. The lowest BCUT2D eigenvalue weighted by Crippen LogP contribution is -2.09. The van der Waals surface area contributed by atoms with Crippen LogP contribution in [0.15, 0.2) is 48.5 Å². The number of hydrazine groups is 1. The van der Waals surface area contributed by atoms with Gasteiger partial charge in [0.05, 0.1) is 17.1 Å². The molecule has 0 aliphatic rings. The van der Waals surface area contributed by atoms with E-state index in [-0.39, 0.29) is 5.88 Å². The SMILES string of the molecule is Cc1ccc(NNc2c(C)nn(-c3ccc(C)cc3)c2O)cc1. The zero-order valence-electron chi connectivity index (χ0n) is 13.5. The predicted octanol–water partition coefficient (Wildman–Crippen LogP) is 3.94. The molecule has 5 nitrogen and oxygen atoms in total.